The van der Waals surface area contributed by atoms with Crippen molar-refractivity contribution in [1.29, 1.82) is 0 Å². The fourth-order valence-corrected chi connectivity index (χ4v) is 2.83. The van der Waals surface area contributed by atoms with E-state index in [9.17, 15) is 8.78 Å². The number of alkyl halides is 2. The highest BCUT2D eigenvalue weighted by atomic mass is 35.5. The van der Waals surface area contributed by atoms with Crippen molar-refractivity contribution in [2.75, 3.05) is 26.2 Å². The SMILES string of the molecule is Cl.Cl.FC(F)[C@@H](c1ccnc2ccccc12)N1CCNCC1. The molecule has 0 unspecified atom stereocenters. The molecule has 1 N–H and O–H groups in total. The topological polar surface area (TPSA) is 28.2 Å². The van der Waals surface area contributed by atoms with Crippen LogP contribution in [0.1, 0.15) is 11.6 Å². The van der Waals surface area contributed by atoms with E-state index >= 15 is 0 Å². The maximum Gasteiger partial charge on any atom is 0.258 e. The zero-order valence-corrected chi connectivity index (χ0v) is 13.5. The van der Waals surface area contributed by atoms with Gasteiger partial charge >= 0.3 is 0 Å². The number of pyridine rings is 1. The Kier molecular flexibility index (Phi) is 7.42. The number of halogens is 4. The van der Waals surface area contributed by atoms with Gasteiger partial charge in [-0.1, -0.05) is 18.2 Å². The van der Waals surface area contributed by atoms with Crippen molar-refractivity contribution < 1.29 is 8.78 Å². The molecule has 0 radical (unpaired) electrons. The van der Waals surface area contributed by atoms with Gasteiger partial charge in [0.1, 0.15) is 0 Å². The molecule has 1 fully saturated rings. The number of benzene rings is 1. The Morgan fingerprint density at radius 3 is 2.41 bits per heavy atom. The van der Waals surface area contributed by atoms with Gasteiger partial charge < -0.3 is 5.32 Å². The lowest BCUT2D eigenvalue weighted by Gasteiger charge is -2.35. The Labute approximate surface area is 140 Å². The standard InChI is InChI=1S/C15H17F2N3.2ClH/c16-15(17)14(20-9-7-18-8-10-20)12-5-6-19-13-4-2-1-3-11(12)13;;/h1-6,14-15,18H,7-10H2;2*1H/t14-;;/m1../s1. The van der Waals surface area contributed by atoms with E-state index in [1.807, 2.05) is 29.2 Å². The van der Waals surface area contributed by atoms with E-state index in [4.69, 9.17) is 0 Å². The predicted molar refractivity (Wildman–Crippen MR) is 89.4 cm³/mol. The normalized spacial score (nSPS) is 16.9. The number of hydrogen-bond donors (Lipinski definition) is 1. The van der Waals surface area contributed by atoms with Crippen LogP contribution in [-0.2, 0) is 0 Å². The molecule has 2 aromatic rings. The Morgan fingerprint density at radius 1 is 1.05 bits per heavy atom. The van der Waals surface area contributed by atoms with Gasteiger partial charge in [-0.3, -0.25) is 9.88 Å². The molecule has 1 aromatic heterocycles. The van der Waals surface area contributed by atoms with Crippen molar-refractivity contribution >= 4 is 35.7 Å². The summed E-state index contributed by atoms with van der Waals surface area (Å²) < 4.78 is 27.2. The molecule has 1 aliphatic heterocycles. The first kappa shape index (κ1) is 19.0. The lowest BCUT2D eigenvalue weighted by molar-refractivity contribution is 0.0189. The number of nitrogens with zero attached hydrogens (tertiary/aromatic N) is 2. The molecule has 1 aliphatic rings. The van der Waals surface area contributed by atoms with Gasteiger partial charge in [0.05, 0.1) is 11.6 Å². The van der Waals surface area contributed by atoms with Crippen molar-refractivity contribution in [3.8, 4) is 0 Å². The van der Waals surface area contributed by atoms with Crippen LogP contribution in [0.3, 0.4) is 0 Å². The summed E-state index contributed by atoms with van der Waals surface area (Å²) in [7, 11) is 0. The molecule has 0 aliphatic carbocycles. The molecule has 7 heteroatoms. The van der Waals surface area contributed by atoms with Crippen LogP contribution in [0.4, 0.5) is 8.78 Å². The highest BCUT2D eigenvalue weighted by Crippen LogP contribution is 2.32. The number of para-hydroxylation sites is 1. The van der Waals surface area contributed by atoms with Crippen molar-refractivity contribution in [2.24, 2.45) is 0 Å². The summed E-state index contributed by atoms with van der Waals surface area (Å²) in [5, 5.41) is 4.02. The third-order valence-corrected chi connectivity index (χ3v) is 3.79. The van der Waals surface area contributed by atoms with E-state index in [1.54, 1.807) is 12.3 Å². The summed E-state index contributed by atoms with van der Waals surface area (Å²) in [6, 6.07) is 8.34. The van der Waals surface area contributed by atoms with E-state index in [2.05, 4.69) is 10.3 Å². The second-order valence-corrected chi connectivity index (χ2v) is 4.98. The van der Waals surface area contributed by atoms with Gasteiger partial charge in [0.15, 0.2) is 0 Å². The quantitative estimate of drug-likeness (QED) is 0.921. The van der Waals surface area contributed by atoms with Gasteiger partial charge in [0, 0.05) is 37.8 Å². The molecule has 2 heterocycles. The minimum absolute atomic E-state index is 0. The van der Waals surface area contributed by atoms with Crippen LogP contribution >= 0.6 is 24.8 Å². The smallest absolute Gasteiger partial charge is 0.258 e. The van der Waals surface area contributed by atoms with Crippen LogP contribution in [0, 0.1) is 0 Å². The van der Waals surface area contributed by atoms with E-state index in [0.717, 1.165) is 24.0 Å². The summed E-state index contributed by atoms with van der Waals surface area (Å²) >= 11 is 0. The first-order valence-electron chi connectivity index (χ1n) is 6.84. The molecule has 22 heavy (non-hydrogen) atoms. The molecule has 1 atom stereocenters. The van der Waals surface area contributed by atoms with Crippen molar-refractivity contribution in [2.45, 2.75) is 12.5 Å². The lowest BCUT2D eigenvalue weighted by Crippen LogP contribution is -2.47. The summed E-state index contributed by atoms with van der Waals surface area (Å²) in [6.45, 7) is 2.80. The van der Waals surface area contributed by atoms with Crippen molar-refractivity contribution in [3.05, 3.63) is 42.1 Å². The van der Waals surface area contributed by atoms with Crippen LogP contribution in [0.15, 0.2) is 36.5 Å². The predicted octanol–water partition coefficient (Wildman–Crippen LogP) is 3.29. The van der Waals surface area contributed by atoms with Crippen molar-refractivity contribution in [1.82, 2.24) is 15.2 Å². The minimum atomic E-state index is -2.40. The number of hydrogen-bond acceptors (Lipinski definition) is 3. The Bertz CT molecular complexity index is 587. The molecule has 0 bridgehead atoms. The third-order valence-electron chi connectivity index (χ3n) is 3.79. The molecule has 0 spiro atoms. The number of rotatable bonds is 3. The third kappa shape index (κ3) is 3.84. The zero-order chi connectivity index (χ0) is 13.9. The van der Waals surface area contributed by atoms with E-state index in [-0.39, 0.29) is 24.8 Å². The maximum absolute atomic E-state index is 13.6. The first-order chi connectivity index (χ1) is 9.77. The van der Waals surface area contributed by atoms with Gasteiger partial charge in [-0.2, -0.15) is 0 Å². The molecule has 3 nitrogen and oxygen atoms in total. The van der Waals surface area contributed by atoms with Crippen LogP contribution in [0.5, 0.6) is 0 Å². The first-order valence-corrected chi connectivity index (χ1v) is 6.84. The molecule has 3 rings (SSSR count). The average molecular weight is 350 g/mol. The fraction of sp³-hybridized carbons (Fsp3) is 0.400. The summed E-state index contributed by atoms with van der Waals surface area (Å²) in [5.41, 5.74) is 1.44. The zero-order valence-electron chi connectivity index (χ0n) is 11.9. The second kappa shape index (κ2) is 8.58. The van der Waals surface area contributed by atoms with Crippen LogP contribution in [0.25, 0.3) is 10.9 Å². The second-order valence-electron chi connectivity index (χ2n) is 4.98. The van der Waals surface area contributed by atoms with Crippen molar-refractivity contribution in [3.63, 3.8) is 0 Å². The number of nitrogens with one attached hydrogen (secondary N) is 1. The Balaban J connectivity index is 0.00000121. The number of piperazine rings is 1. The van der Waals surface area contributed by atoms with Crippen LogP contribution in [0.2, 0.25) is 0 Å². The molecule has 122 valence electrons. The Morgan fingerprint density at radius 2 is 1.73 bits per heavy atom. The van der Waals surface area contributed by atoms with E-state index in [1.165, 1.54) is 0 Å². The van der Waals surface area contributed by atoms with Gasteiger partial charge in [0.2, 0.25) is 0 Å². The lowest BCUT2D eigenvalue weighted by atomic mass is 10.0. The number of fused-ring (bicyclic) bond motifs is 1. The monoisotopic (exact) mass is 349 g/mol. The molecule has 0 saturated carbocycles. The largest absolute Gasteiger partial charge is 0.314 e. The minimum Gasteiger partial charge on any atom is -0.314 e. The van der Waals surface area contributed by atoms with Gasteiger partial charge in [-0.05, 0) is 17.7 Å². The van der Waals surface area contributed by atoms with Gasteiger partial charge in [0.25, 0.3) is 6.43 Å². The number of aromatic nitrogens is 1. The van der Waals surface area contributed by atoms with Gasteiger partial charge in [-0.25, -0.2) is 8.78 Å². The van der Waals surface area contributed by atoms with Gasteiger partial charge in [-0.15, -0.1) is 24.8 Å². The highest BCUT2D eigenvalue weighted by molar-refractivity contribution is 5.85. The fourth-order valence-electron chi connectivity index (χ4n) is 2.83. The van der Waals surface area contributed by atoms with E-state index < -0.39 is 12.5 Å². The maximum atomic E-state index is 13.6. The van der Waals surface area contributed by atoms with E-state index in [0.29, 0.717) is 18.7 Å². The molecule has 1 aromatic carbocycles. The summed E-state index contributed by atoms with van der Waals surface area (Å²) in [5.74, 6) is 0. The molecule has 1 saturated heterocycles. The molecular formula is C15H19Cl2F2N3. The van der Waals surface area contributed by atoms with Crippen LogP contribution in [-0.4, -0.2) is 42.5 Å². The van der Waals surface area contributed by atoms with Crippen LogP contribution < -0.4 is 5.32 Å². The summed E-state index contributed by atoms with van der Waals surface area (Å²) in [4.78, 5) is 6.12. The molecular weight excluding hydrogens is 331 g/mol. The average Bonchev–Trinajstić information content (AvgIpc) is 2.48. The Hall–Kier alpha value is -1.01. The molecule has 0 amide bonds. The highest BCUT2D eigenvalue weighted by Gasteiger charge is 2.31. The summed E-state index contributed by atoms with van der Waals surface area (Å²) in [6.07, 6.45) is -0.784.